The summed E-state index contributed by atoms with van der Waals surface area (Å²) in [7, 11) is 3.11. The van der Waals surface area contributed by atoms with Crippen molar-refractivity contribution < 1.29 is 14.3 Å². The zero-order valence-corrected chi connectivity index (χ0v) is 20.5. The second-order valence-corrected chi connectivity index (χ2v) is 8.77. The molecular weight excluding hydrogens is 472 g/mol. The fourth-order valence-electron chi connectivity index (χ4n) is 3.32. The molecule has 4 aromatic rings. The Morgan fingerprint density at radius 2 is 1.68 bits per heavy atom. The van der Waals surface area contributed by atoms with Crippen LogP contribution in [0.5, 0.6) is 11.5 Å². The Hall–Kier alpha value is -3.49. The molecular formula is C25H23ClN4O3S. The SMILES string of the molecule is COc1ccc(NC(=O)CSc2nnc(-c3ccc(C)cc3)n2-c2ccc(Cl)cc2)cc1OC. The van der Waals surface area contributed by atoms with Crippen LogP contribution in [0.1, 0.15) is 5.56 Å². The van der Waals surface area contributed by atoms with Crippen LogP contribution in [0.3, 0.4) is 0 Å². The average molecular weight is 495 g/mol. The molecule has 0 radical (unpaired) electrons. The molecule has 0 saturated heterocycles. The maximum Gasteiger partial charge on any atom is 0.234 e. The Bertz CT molecular complexity index is 1290. The minimum absolute atomic E-state index is 0.147. The normalized spacial score (nSPS) is 10.7. The third kappa shape index (κ3) is 5.35. The van der Waals surface area contributed by atoms with Crippen molar-refractivity contribution in [1.29, 1.82) is 0 Å². The Kier molecular flexibility index (Phi) is 7.40. The third-order valence-electron chi connectivity index (χ3n) is 5.03. The van der Waals surface area contributed by atoms with Gasteiger partial charge in [-0.25, -0.2) is 0 Å². The molecule has 0 aliphatic rings. The number of aryl methyl sites for hydroxylation is 1. The first-order valence-electron chi connectivity index (χ1n) is 10.4. The summed E-state index contributed by atoms with van der Waals surface area (Å²) in [5.41, 5.74) is 3.55. The molecule has 3 aromatic carbocycles. The first-order chi connectivity index (χ1) is 16.5. The van der Waals surface area contributed by atoms with E-state index < -0.39 is 0 Å². The van der Waals surface area contributed by atoms with E-state index in [0.29, 0.717) is 33.2 Å². The van der Waals surface area contributed by atoms with E-state index in [0.717, 1.165) is 16.8 Å². The molecule has 1 N–H and O–H groups in total. The van der Waals surface area contributed by atoms with Crippen LogP contribution in [0.2, 0.25) is 5.02 Å². The minimum atomic E-state index is -0.181. The molecule has 34 heavy (non-hydrogen) atoms. The van der Waals surface area contributed by atoms with Crippen LogP contribution in [0.15, 0.2) is 71.9 Å². The molecule has 0 spiro atoms. The minimum Gasteiger partial charge on any atom is -0.493 e. The third-order valence-corrected chi connectivity index (χ3v) is 6.21. The van der Waals surface area contributed by atoms with Gasteiger partial charge in [0.15, 0.2) is 22.5 Å². The molecule has 0 bridgehead atoms. The van der Waals surface area contributed by atoms with E-state index in [1.807, 2.05) is 60.0 Å². The molecule has 1 heterocycles. The highest BCUT2D eigenvalue weighted by atomic mass is 35.5. The number of thioether (sulfide) groups is 1. The summed E-state index contributed by atoms with van der Waals surface area (Å²) in [5, 5.41) is 12.9. The molecule has 174 valence electrons. The molecule has 1 amide bonds. The van der Waals surface area contributed by atoms with Gasteiger partial charge in [-0.05, 0) is 43.3 Å². The number of methoxy groups -OCH3 is 2. The lowest BCUT2D eigenvalue weighted by molar-refractivity contribution is -0.113. The number of nitrogens with one attached hydrogen (secondary N) is 1. The molecule has 0 unspecified atom stereocenters. The maximum atomic E-state index is 12.7. The number of amides is 1. The lowest BCUT2D eigenvalue weighted by Crippen LogP contribution is -2.14. The molecule has 0 fully saturated rings. The van der Waals surface area contributed by atoms with E-state index in [2.05, 4.69) is 15.5 Å². The largest absolute Gasteiger partial charge is 0.493 e. The van der Waals surface area contributed by atoms with Gasteiger partial charge in [-0.15, -0.1) is 10.2 Å². The quantitative estimate of drug-likeness (QED) is 0.319. The molecule has 7 nitrogen and oxygen atoms in total. The summed E-state index contributed by atoms with van der Waals surface area (Å²) in [6.45, 7) is 2.03. The van der Waals surface area contributed by atoms with Gasteiger partial charge in [0.2, 0.25) is 5.91 Å². The lowest BCUT2D eigenvalue weighted by Gasteiger charge is -2.12. The van der Waals surface area contributed by atoms with Gasteiger partial charge in [-0.2, -0.15) is 0 Å². The highest BCUT2D eigenvalue weighted by Gasteiger charge is 2.18. The van der Waals surface area contributed by atoms with E-state index in [9.17, 15) is 4.79 Å². The summed E-state index contributed by atoms with van der Waals surface area (Å²) in [6, 6.07) is 20.7. The Morgan fingerprint density at radius 1 is 0.971 bits per heavy atom. The number of halogens is 1. The summed E-state index contributed by atoms with van der Waals surface area (Å²) < 4.78 is 12.5. The number of hydrogen-bond acceptors (Lipinski definition) is 6. The van der Waals surface area contributed by atoms with Crippen LogP contribution >= 0.6 is 23.4 Å². The summed E-state index contributed by atoms with van der Waals surface area (Å²) in [6.07, 6.45) is 0. The highest BCUT2D eigenvalue weighted by molar-refractivity contribution is 7.99. The monoisotopic (exact) mass is 494 g/mol. The van der Waals surface area contributed by atoms with E-state index in [-0.39, 0.29) is 11.7 Å². The van der Waals surface area contributed by atoms with E-state index in [1.54, 1.807) is 32.4 Å². The first kappa shape index (κ1) is 23.7. The summed E-state index contributed by atoms with van der Waals surface area (Å²) in [5.74, 6) is 1.78. The average Bonchev–Trinajstić information content (AvgIpc) is 3.27. The Balaban J connectivity index is 1.56. The van der Waals surface area contributed by atoms with Gasteiger partial charge < -0.3 is 14.8 Å². The van der Waals surface area contributed by atoms with Crippen LogP contribution in [-0.4, -0.2) is 40.6 Å². The number of carbonyl (C=O) groups excluding carboxylic acids is 1. The van der Waals surface area contributed by atoms with Crippen LogP contribution in [0, 0.1) is 6.92 Å². The smallest absolute Gasteiger partial charge is 0.234 e. The van der Waals surface area contributed by atoms with Gasteiger partial charge in [0, 0.05) is 28.0 Å². The number of hydrogen-bond donors (Lipinski definition) is 1. The van der Waals surface area contributed by atoms with Crippen molar-refractivity contribution >= 4 is 35.0 Å². The number of rotatable bonds is 8. The standard InChI is InChI=1S/C25H23ClN4O3S/c1-16-4-6-17(7-5-16)24-28-29-25(30(24)20-11-8-18(26)9-12-20)34-15-23(31)27-19-10-13-21(32-2)22(14-19)33-3/h4-14H,15H2,1-3H3,(H,27,31). The molecule has 1 aromatic heterocycles. The fraction of sp³-hybridized carbons (Fsp3) is 0.160. The van der Waals surface area contributed by atoms with Gasteiger partial charge in [0.05, 0.1) is 20.0 Å². The van der Waals surface area contributed by atoms with Crippen molar-refractivity contribution in [3.63, 3.8) is 0 Å². The van der Waals surface area contributed by atoms with Crippen molar-refractivity contribution in [1.82, 2.24) is 14.8 Å². The molecule has 0 aliphatic carbocycles. The van der Waals surface area contributed by atoms with Crippen molar-refractivity contribution in [2.24, 2.45) is 0 Å². The fourth-order valence-corrected chi connectivity index (χ4v) is 4.19. The van der Waals surface area contributed by atoms with Crippen LogP contribution < -0.4 is 14.8 Å². The molecule has 9 heteroatoms. The van der Waals surface area contributed by atoms with E-state index in [1.165, 1.54) is 11.8 Å². The van der Waals surface area contributed by atoms with Crippen molar-refractivity contribution in [2.45, 2.75) is 12.1 Å². The highest BCUT2D eigenvalue weighted by Crippen LogP contribution is 2.31. The van der Waals surface area contributed by atoms with E-state index in [4.69, 9.17) is 21.1 Å². The first-order valence-corrected chi connectivity index (χ1v) is 11.8. The van der Waals surface area contributed by atoms with Gasteiger partial charge in [-0.1, -0.05) is 53.2 Å². The number of benzene rings is 3. The van der Waals surface area contributed by atoms with Crippen molar-refractivity contribution in [3.8, 4) is 28.6 Å². The zero-order chi connectivity index (χ0) is 24.1. The van der Waals surface area contributed by atoms with Gasteiger partial charge in [0.25, 0.3) is 0 Å². The second kappa shape index (κ2) is 10.6. The number of nitrogens with zero attached hydrogens (tertiary/aromatic N) is 3. The summed E-state index contributed by atoms with van der Waals surface area (Å²) in [4.78, 5) is 12.7. The van der Waals surface area contributed by atoms with Gasteiger partial charge >= 0.3 is 0 Å². The number of ether oxygens (including phenoxy) is 2. The predicted octanol–water partition coefficient (Wildman–Crippen LogP) is 5.64. The summed E-state index contributed by atoms with van der Waals surface area (Å²) >= 11 is 7.39. The topological polar surface area (TPSA) is 78.3 Å². The van der Waals surface area contributed by atoms with Crippen LogP contribution in [-0.2, 0) is 4.79 Å². The Morgan fingerprint density at radius 3 is 2.35 bits per heavy atom. The zero-order valence-electron chi connectivity index (χ0n) is 18.9. The van der Waals surface area contributed by atoms with E-state index >= 15 is 0 Å². The Labute approximate surface area is 207 Å². The van der Waals surface area contributed by atoms with Gasteiger partial charge in [0.1, 0.15) is 0 Å². The molecule has 0 aliphatic heterocycles. The molecule has 0 atom stereocenters. The number of anilines is 1. The lowest BCUT2D eigenvalue weighted by atomic mass is 10.1. The molecule has 0 saturated carbocycles. The number of aromatic nitrogens is 3. The predicted molar refractivity (Wildman–Crippen MR) is 135 cm³/mol. The van der Waals surface area contributed by atoms with Crippen LogP contribution in [0.4, 0.5) is 5.69 Å². The van der Waals surface area contributed by atoms with Crippen LogP contribution in [0.25, 0.3) is 17.1 Å². The molecule has 4 rings (SSSR count). The van der Waals surface area contributed by atoms with Gasteiger partial charge in [-0.3, -0.25) is 9.36 Å². The second-order valence-electron chi connectivity index (χ2n) is 7.39. The van der Waals surface area contributed by atoms with Crippen molar-refractivity contribution in [2.75, 3.05) is 25.3 Å². The number of carbonyl (C=O) groups is 1. The maximum absolute atomic E-state index is 12.7. The van der Waals surface area contributed by atoms with Crippen molar-refractivity contribution in [3.05, 3.63) is 77.3 Å².